The van der Waals surface area contributed by atoms with Crippen LogP contribution in [0.2, 0.25) is 0 Å². The molecule has 0 bridgehead atoms. The molecular formula is C15H15FN2O2. The molecule has 2 N–H and O–H groups in total. The van der Waals surface area contributed by atoms with Gasteiger partial charge in [0.15, 0.2) is 0 Å². The molecule has 1 aromatic carbocycles. The quantitative estimate of drug-likeness (QED) is 0.899. The van der Waals surface area contributed by atoms with E-state index in [1.165, 1.54) is 12.1 Å². The van der Waals surface area contributed by atoms with Crippen molar-refractivity contribution in [2.45, 2.75) is 20.4 Å². The van der Waals surface area contributed by atoms with Crippen LogP contribution in [0.15, 0.2) is 30.3 Å². The van der Waals surface area contributed by atoms with E-state index in [9.17, 15) is 14.3 Å². The van der Waals surface area contributed by atoms with Crippen LogP contribution < -0.4 is 5.32 Å². The first-order valence-electron chi connectivity index (χ1n) is 6.17. The smallest absolute Gasteiger partial charge is 0.339 e. The van der Waals surface area contributed by atoms with E-state index in [0.717, 1.165) is 11.3 Å². The van der Waals surface area contributed by atoms with E-state index >= 15 is 0 Å². The number of nitrogens with zero attached hydrogens (tertiary/aromatic N) is 1. The monoisotopic (exact) mass is 274 g/mol. The lowest BCUT2D eigenvalue weighted by Gasteiger charge is -2.12. The second-order valence-corrected chi connectivity index (χ2v) is 4.56. The third-order valence-electron chi connectivity index (χ3n) is 2.91. The van der Waals surface area contributed by atoms with Crippen molar-refractivity contribution in [3.05, 3.63) is 58.7 Å². The van der Waals surface area contributed by atoms with Gasteiger partial charge in [-0.3, -0.25) is 4.98 Å². The highest BCUT2D eigenvalue weighted by molar-refractivity contribution is 5.95. The van der Waals surface area contributed by atoms with Crippen molar-refractivity contribution in [3.63, 3.8) is 0 Å². The Bertz CT molecular complexity index is 656. The average molecular weight is 274 g/mol. The first kappa shape index (κ1) is 14.0. The number of halogens is 1. The summed E-state index contributed by atoms with van der Waals surface area (Å²) in [6, 6.07) is 7.85. The van der Waals surface area contributed by atoms with Gasteiger partial charge in [0.2, 0.25) is 0 Å². The lowest BCUT2D eigenvalue weighted by Crippen LogP contribution is -2.10. The third-order valence-corrected chi connectivity index (χ3v) is 2.91. The molecule has 104 valence electrons. The van der Waals surface area contributed by atoms with Gasteiger partial charge in [0.05, 0.1) is 11.4 Å². The number of aryl methyl sites for hydroxylation is 2. The molecule has 0 saturated heterocycles. The first-order valence-corrected chi connectivity index (χ1v) is 6.17. The Hall–Kier alpha value is -2.43. The van der Waals surface area contributed by atoms with Crippen molar-refractivity contribution in [1.82, 2.24) is 4.98 Å². The van der Waals surface area contributed by atoms with Gasteiger partial charge in [-0.05, 0) is 37.6 Å². The van der Waals surface area contributed by atoms with Crippen LogP contribution in [0, 0.1) is 19.7 Å². The van der Waals surface area contributed by atoms with Gasteiger partial charge < -0.3 is 10.4 Å². The largest absolute Gasteiger partial charge is 0.478 e. The number of rotatable bonds is 4. The molecule has 1 aromatic heterocycles. The molecule has 0 aliphatic carbocycles. The fourth-order valence-electron chi connectivity index (χ4n) is 2.08. The SMILES string of the molecule is Cc1cc(NCc2cccc(F)c2)c(C(=O)O)c(C)n1. The molecule has 0 fully saturated rings. The second-order valence-electron chi connectivity index (χ2n) is 4.56. The summed E-state index contributed by atoms with van der Waals surface area (Å²) in [5.74, 6) is -1.35. The van der Waals surface area contributed by atoms with Gasteiger partial charge in [-0.15, -0.1) is 0 Å². The molecule has 5 heteroatoms. The Balaban J connectivity index is 2.27. The summed E-state index contributed by atoms with van der Waals surface area (Å²) in [7, 11) is 0. The maximum atomic E-state index is 13.1. The van der Waals surface area contributed by atoms with E-state index in [2.05, 4.69) is 10.3 Å². The minimum absolute atomic E-state index is 0.145. The van der Waals surface area contributed by atoms with E-state index < -0.39 is 5.97 Å². The van der Waals surface area contributed by atoms with Crippen molar-refractivity contribution >= 4 is 11.7 Å². The summed E-state index contributed by atoms with van der Waals surface area (Å²) < 4.78 is 13.1. The van der Waals surface area contributed by atoms with Crippen LogP contribution in [0.25, 0.3) is 0 Å². The summed E-state index contributed by atoms with van der Waals surface area (Å²) in [6.07, 6.45) is 0. The number of hydrogen-bond acceptors (Lipinski definition) is 3. The second kappa shape index (κ2) is 5.69. The van der Waals surface area contributed by atoms with Crippen molar-refractivity contribution < 1.29 is 14.3 Å². The van der Waals surface area contributed by atoms with Gasteiger partial charge in [0.1, 0.15) is 11.4 Å². The number of carboxylic acid groups (broad SMARTS) is 1. The first-order chi connectivity index (χ1) is 9.47. The van der Waals surface area contributed by atoms with E-state index in [0.29, 0.717) is 17.9 Å². The number of aromatic nitrogens is 1. The van der Waals surface area contributed by atoms with Crippen LogP contribution in [0.3, 0.4) is 0 Å². The van der Waals surface area contributed by atoms with Gasteiger partial charge in [0, 0.05) is 12.2 Å². The molecular weight excluding hydrogens is 259 g/mol. The van der Waals surface area contributed by atoms with Gasteiger partial charge in [0.25, 0.3) is 0 Å². The number of benzene rings is 1. The molecule has 0 unspecified atom stereocenters. The molecule has 2 aromatic rings. The molecule has 4 nitrogen and oxygen atoms in total. The highest BCUT2D eigenvalue weighted by Gasteiger charge is 2.15. The van der Waals surface area contributed by atoms with Crippen LogP contribution in [0.4, 0.5) is 10.1 Å². The molecule has 0 spiro atoms. The van der Waals surface area contributed by atoms with Gasteiger partial charge in [-0.25, -0.2) is 9.18 Å². The molecule has 0 aliphatic heterocycles. The van der Waals surface area contributed by atoms with Crippen LogP contribution in [-0.4, -0.2) is 16.1 Å². The zero-order chi connectivity index (χ0) is 14.7. The third kappa shape index (κ3) is 3.12. The zero-order valence-corrected chi connectivity index (χ0v) is 11.3. The standard InChI is InChI=1S/C15H15FN2O2/c1-9-6-13(14(15(19)20)10(2)18-9)17-8-11-4-3-5-12(16)7-11/h3-7H,8H2,1-2H3,(H,17,18)(H,19,20). The van der Waals surface area contributed by atoms with Crippen LogP contribution in [0.1, 0.15) is 27.3 Å². The molecule has 20 heavy (non-hydrogen) atoms. The molecule has 0 radical (unpaired) electrons. The van der Waals surface area contributed by atoms with E-state index in [-0.39, 0.29) is 11.4 Å². The topological polar surface area (TPSA) is 62.2 Å². The summed E-state index contributed by atoms with van der Waals surface area (Å²) in [4.78, 5) is 15.4. The summed E-state index contributed by atoms with van der Waals surface area (Å²) in [5.41, 5.74) is 2.57. The molecule has 0 aliphatic rings. The lowest BCUT2D eigenvalue weighted by atomic mass is 10.1. The number of nitrogens with one attached hydrogen (secondary N) is 1. The predicted molar refractivity (Wildman–Crippen MR) is 74.4 cm³/mol. The minimum Gasteiger partial charge on any atom is -0.478 e. The van der Waals surface area contributed by atoms with Gasteiger partial charge >= 0.3 is 5.97 Å². The predicted octanol–water partition coefficient (Wildman–Crippen LogP) is 3.15. The number of anilines is 1. The maximum absolute atomic E-state index is 13.1. The average Bonchev–Trinajstić information content (AvgIpc) is 2.35. The summed E-state index contributed by atoms with van der Waals surface area (Å²) >= 11 is 0. The summed E-state index contributed by atoms with van der Waals surface area (Å²) in [6.45, 7) is 3.80. The Morgan fingerprint density at radius 1 is 1.35 bits per heavy atom. The highest BCUT2D eigenvalue weighted by Crippen LogP contribution is 2.20. The van der Waals surface area contributed by atoms with E-state index in [4.69, 9.17) is 0 Å². The zero-order valence-electron chi connectivity index (χ0n) is 11.3. The Morgan fingerprint density at radius 3 is 2.75 bits per heavy atom. The molecule has 2 rings (SSSR count). The number of carbonyl (C=O) groups is 1. The normalized spacial score (nSPS) is 10.3. The van der Waals surface area contributed by atoms with Crippen molar-refractivity contribution in [2.75, 3.05) is 5.32 Å². The number of carboxylic acids is 1. The van der Waals surface area contributed by atoms with E-state index in [1.807, 2.05) is 0 Å². The Morgan fingerprint density at radius 2 is 2.10 bits per heavy atom. The van der Waals surface area contributed by atoms with Crippen LogP contribution in [-0.2, 0) is 6.54 Å². The number of hydrogen-bond donors (Lipinski definition) is 2. The highest BCUT2D eigenvalue weighted by atomic mass is 19.1. The van der Waals surface area contributed by atoms with Crippen LogP contribution >= 0.6 is 0 Å². The van der Waals surface area contributed by atoms with E-state index in [1.54, 1.807) is 32.0 Å². The fourth-order valence-corrected chi connectivity index (χ4v) is 2.08. The Kier molecular flexibility index (Phi) is 3.98. The Labute approximate surface area is 116 Å². The van der Waals surface area contributed by atoms with Crippen LogP contribution in [0.5, 0.6) is 0 Å². The van der Waals surface area contributed by atoms with Crippen molar-refractivity contribution in [3.8, 4) is 0 Å². The number of pyridine rings is 1. The molecule has 0 saturated carbocycles. The van der Waals surface area contributed by atoms with Gasteiger partial charge in [-0.1, -0.05) is 12.1 Å². The maximum Gasteiger partial charge on any atom is 0.339 e. The lowest BCUT2D eigenvalue weighted by molar-refractivity contribution is 0.0696. The van der Waals surface area contributed by atoms with Crippen molar-refractivity contribution in [2.24, 2.45) is 0 Å². The van der Waals surface area contributed by atoms with Gasteiger partial charge in [-0.2, -0.15) is 0 Å². The molecule has 0 amide bonds. The van der Waals surface area contributed by atoms with Crippen molar-refractivity contribution in [1.29, 1.82) is 0 Å². The fraction of sp³-hybridized carbons (Fsp3) is 0.200. The minimum atomic E-state index is -1.03. The molecule has 1 heterocycles. The summed E-state index contributed by atoms with van der Waals surface area (Å²) in [5, 5.41) is 12.3. The number of aromatic carboxylic acids is 1. The molecule has 0 atom stereocenters.